The Morgan fingerprint density at radius 2 is 0.550 bits per heavy atom. The Bertz CT molecular complexity index is 916. The van der Waals surface area contributed by atoms with Crippen LogP contribution in [0.2, 0.25) is 0 Å². The van der Waals surface area contributed by atoms with Gasteiger partial charge in [-0.05, 0) is 31.1 Å². The molecule has 0 heterocycles. The lowest BCUT2D eigenvalue weighted by atomic mass is 10.0. The number of unbranched alkanes of at least 4 members (excludes halogenated alkanes) is 33. The summed E-state index contributed by atoms with van der Waals surface area (Å²) in [5.41, 5.74) is 0. The van der Waals surface area contributed by atoms with Gasteiger partial charge in [-0.15, -0.1) is 0 Å². The smallest absolute Gasteiger partial charge is 0.306 e. The standard InChI is InChI=1S/C54H104O6/c1-6-7-8-9-10-11-12-19-24-29-34-39-44-52(55)58-47-51(48-59-53(56)45-40-35-30-26-21-23-28-33-38-43-50(4)5)60-54(57)46-41-36-31-25-20-17-15-13-14-16-18-22-27-32-37-42-49(2)3/h49-51H,6-48H2,1-5H3/t51-/m0/s1. The molecule has 1 atom stereocenters. The second-order valence-electron chi connectivity index (χ2n) is 19.5. The Kier molecular flexibility index (Phi) is 45.7. The minimum absolute atomic E-state index is 0.0635. The molecule has 6 heteroatoms. The first kappa shape index (κ1) is 58.4. The van der Waals surface area contributed by atoms with Gasteiger partial charge in [0.15, 0.2) is 6.10 Å². The summed E-state index contributed by atoms with van der Waals surface area (Å²) in [5, 5.41) is 0. The molecule has 0 aliphatic rings. The molecule has 0 rings (SSSR count). The molecular formula is C54H104O6. The van der Waals surface area contributed by atoms with Crippen molar-refractivity contribution in [3.8, 4) is 0 Å². The molecule has 0 unspecified atom stereocenters. The molecule has 0 aromatic rings. The molecule has 6 nitrogen and oxygen atoms in total. The Morgan fingerprint density at radius 1 is 0.317 bits per heavy atom. The topological polar surface area (TPSA) is 78.9 Å². The van der Waals surface area contributed by atoms with E-state index in [4.69, 9.17) is 14.2 Å². The summed E-state index contributed by atoms with van der Waals surface area (Å²) in [4.78, 5) is 38.0. The van der Waals surface area contributed by atoms with Gasteiger partial charge in [-0.25, -0.2) is 0 Å². The Morgan fingerprint density at radius 3 is 0.817 bits per heavy atom. The van der Waals surface area contributed by atoms with Gasteiger partial charge in [-0.1, -0.05) is 259 Å². The molecule has 0 fully saturated rings. The van der Waals surface area contributed by atoms with E-state index in [0.29, 0.717) is 19.3 Å². The number of carbonyl (C=O) groups excluding carboxylic acids is 3. The van der Waals surface area contributed by atoms with Gasteiger partial charge in [0.05, 0.1) is 0 Å². The third-order valence-corrected chi connectivity index (χ3v) is 12.2. The predicted octanol–water partition coefficient (Wildman–Crippen LogP) is 17.3. The molecule has 0 aromatic heterocycles. The van der Waals surface area contributed by atoms with Crippen molar-refractivity contribution < 1.29 is 28.6 Å². The van der Waals surface area contributed by atoms with Gasteiger partial charge in [-0.3, -0.25) is 14.4 Å². The Labute approximate surface area is 374 Å². The van der Waals surface area contributed by atoms with Crippen molar-refractivity contribution >= 4 is 17.9 Å². The van der Waals surface area contributed by atoms with Gasteiger partial charge in [0, 0.05) is 19.3 Å². The van der Waals surface area contributed by atoms with Gasteiger partial charge in [0.25, 0.3) is 0 Å². The quantitative estimate of drug-likeness (QED) is 0.0345. The number of ether oxygens (including phenoxy) is 3. The minimum atomic E-state index is -0.761. The fourth-order valence-corrected chi connectivity index (χ4v) is 8.17. The van der Waals surface area contributed by atoms with Crippen molar-refractivity contribution in [2.24, 2.45) is 11.8 Å². The van der Waals surface area contributed by atoms with Gasteiger partial charge in [0.1, 0.15) is 13.2 Å². The Balaban J connectivity index is 4.29. The van der Waals surface area contributed by atoms with E-state index in [-0.39, 0.29) is 31.1 Å². The van der Waals surface area contributed by atoms with Crippen molar-refractivity contribution in [2.75, 3.05) is 13.2 Å². The monoisotopic (exact) mass is 849 g/mol. The van der Waals surface area contributed by atoms with Crippen molar-refractivity contribution in [3.05, 3.63) is 0 Å². The SMILES string of the molecule is CCCCCCCCCCCCCCC(=O)OC[C@@H](COC(=O)CCCCCCCCCCCC(C)C)OC(=O)CCCCCCCCCCCCCCCCCC(C)C. The van der Waals surface area contributed by atoms with Crippen LogP contribution in [-0.4, -0.2) is 37.2 Å². The summed E-state index contributed by atoms with van der Waals surface area (Å²) in [6.45, 7) is 11.4. The van der Waals surface area contributed by atoms with Crippen LogP contribution in [0, 0.1) is 11.8 Å². The van der Waals surface area contributed by atoms with Crippen LogP contribution in [0.5, 0.6) is 0 Å². The van der Waals surface area contributed by atoms with E-state index in [0.717, 1.165) is 69.6 Å². The minimum Gasteiger partial charge on any atom is -0.462 e. The molecule has 60 heavy (non-hydrogen) atoms. The molecule has 0 saturated carbocycles. The lowest BCUT2D eigenvalue weighted by Crippen LogP contribution is -2.30. The van der Waals surface area contributed by atoms with Crippen LogP contribution < -0.4 is 0 Å². The maximum Gasteiger partial charge on any atom is 0.306 e. The summed E-state index contributed by atoms with van der Waals surface area (Å²) >= 11 is 0. The summed E-state index contributed by atoms with van der Waals surface area (Å²) in [5.74, 6) is 0.810. The fourth-order valence-electron chi connectivity index (χ4n) is 8.17. The molecule has 0 aliphatic heterocycles. The maximum absolute atomic E-state index is 12.8. The average molecular weight is 849 g/mol. The van der Waals surface area contributed by atoms with E-state index in [1.807, 2.05) is 0 Å². The highest BCUT2D eigenvalue weighted by molar-refractivity contribution is 5.71. The van der Waals surface area contributed by atoms with Gasteiger partial charge >= 0.3 is 17.9 Å². The van der Waals surface area contributed by atoms with Crippen LogP contribution in [0.4, 0.5) is 0 Å². The lowest BCUT2D eigenvalue weighted by molar-refractivity contribution is -0.167. The highest BCUT2D eigenvalue weighted by atomic mass is 16.6. The molecule has 0 aromatic carbocycles. The summed E-state index contributed by atoms with van der Waals surface area (Å²) in [6, 6.07) is 0. The van der Waals surface area contributed by atoms with Crippen molar-refractivity contribution in [1.82, 2.24) is 0 Å². The average Bonchev–Trinajstić information content (AvgIpc) is 3.22. The first-order valence-electron chi connectivity index (χ1n) is 26.7. The zero-order valence-corrected chi connectivity index (χ0v) is 41.1. The fraction of sp³-hybridized carbons (Fsp3) is 0.944. The van der Waals surface area contributed by atoms with Crippen LogP contribution in [-0.2, 0) is 28.6 Å². The normalized spacial score (nSPS) is 12.1. The van der Waals surface area contributed by atoms with Crippen molar-refractivity contribution in [2.45, 2.75) is 304 Å². The molecule has 0 spiro atoms. The van der Waals surface area contributed by atoms with Gasteiger partial charge < -0.3 is 14.2 Å². The first-order valence-corrected chi connectivity index (χ1v) is 26.7. The predicted molar refractivity (Wildman–Crippen MR) is 256 cm³/mol. The molecule has 0 saturated heterocycles. The molecule has 0 radical (unpaired) electrons. The lowest BCUT2D eigenvalue weighted by Gasteiger charge is -2.18. The molecule has 0 N–H and O–H groups in total. The largest absolute Gasteiger partial charge is 0.462 e. The molecular weight excluding hydrogens is 745 g/mol. The summed E-state index contributed by atoms with van der Waals surface area (Å²) < 4.78 is 16.8. The zero-order chi connectivity index (χ0) is 44.0. The molecule has 0 bridgehead atoms. The maximum atomic E-state index is 12.8. The van der Waals surface area contributed by atoms with E-state index in [1.54, 1.807) is 0 Å². The van der Waals surface area contributed by atoms with E-state index < -0.39 is 6.10 Å². The number of esters is 3. The van der Waals surface area contributed by atoms with Gasteiger partial charge in [-0.2, -0.15) is 0 Å². The summed E-state index contributed by atoms with van der Waals surface area (Å²) in [6.07, 6.45) is 48.0. The van der Waals surface area contributed by atoms with Crippen LogP contribution >= 0.6 is 0 Å². The highest BCUT2D eigenvalue weighted by Gasteiger charge is 2.19. The molecule has 0 amide bonds. The number of hydrogen-bond donors (Lipinski definition) is 0. The number of hydrogen-bond acceptors (Lipinski definition) is 6. The van der Waals surface area contributed by atoms with Crippen LogP contribution in [0.1, 0.15) is 298 Å². The van der Waals surface area contributed by atoms with E-state index >= 15 is 0 Å². The molecule has 0 aliphatic carbocycles. The second-order valence-corrected chi connectivity index (χ2v) is 19.5. The van der Waals surface area contributed by atoms with Crippen LogP contribution in [0.15, 0.2) is 0 Å². The molecule has 356 valence electrons. The number of carbonyl (C=O) groups is 3. The Hall–Kier alpha value is -1.59. The van der Waals surface area contributed by atoms with Gasteiger partial charge in [0.2, 0.25) is 0 Å². The second kappa shape index (κ2) is 46.9. The first-order chi connectivity index (χ1) is 29.2. The zero-order valence-electron chi connectivity index (χ0n) is 41.1. The van der Waals surface area contributed by atoms with E-state index in [9.17, 15) is 14.4 Å². The van der Waals surface area contributed by atoms with E-state index in [2.05, 4.69) is 34.6 Å². The van der Waals surface area contributed by atoms with Crippen molar-refractivity contribution in [3.63, 3.8) is 0 Å². The third-order valence-electron chi connectivity index (χ3n) is 12.2. The van der Waals surface area contributed by atoms with E-state index in [1.165, 1.54) is 186 Å². The van der Waals surface area contributed by atoms with Crippen molar-refractivity contribution in [1.29, 1.82) is 0 Å². The highest BCUT2D eigenvalue weighted by Crippen LogP contribution is 2.18. The summed E-state index contributed by atoms with van der Waals surface area (Å²) in [7, 11) is 0. The van der Waals surface area contributed by atoms with Crippen LogP contribution in [0.3, 0.4) is 0 Å². The third kappa shape index (κ3) is 47.5. The number of rotatable bonds is 48. The van der Waals surface area contributed by atoms with Crippen LogP contribution in [0.25, 0.3) is 0 Å².